The van der Waals surface area contributed by atoms with Gasteiger partial charge in [-0.25, -0.2) is 13.6 Å². The van der Waals surface area contributed by atoms with Gasteiger partial charge in [-0.15, -0.1) is 0 Å². The van der Waals surface area contributed by atoms with Gasteiger partial charge in [0, 0.05) is 6.04 Å². The third-order valence-corrected chi connectivity index (χ3v) is 4.14. The smallest absolute Gasteiger partial charge is 0.258 e. The Bertz CT molecular complexity index is 589. The molecule has 20 heavy (non-hydrogen) atoms. The fourth-order valence-electron chi connectivity index (χ4n) is 1.34. The largest absolute Gasteiger partial charge is 0.483 e. The molecule has 3 N–H and O–H groups in total. The van der Waals surface area contributed by atoms with Crippen molar-refractivity contribution in [3.8, 4) is 5.75 Å². The van der Waals surface area contributed by atoms with Crippen molar-refractivity contribution < 1.29 is 17.9 Å². The summed E-state index contributed by atoms with van der Waals surface area (Å²) in [5.41, 5.74) is 0. The van der Waals surface area contributed by atoms with Gasteiger partial charge in [0.25, 0.3) is 5.91 Å². The van der Waals surface area contributed by atoms with Crippen LogP contribution in [0.1, 0.15) is 20.3 Å². The highest BCUT2D eigenvalue weighted by Crippen LogP contribution is 2.27. The van der Waals surface area contributed by atoms with Crippen LogP contribution in [0, 0.1) is 0 Å². The van der Waals surface area contributed by atoms with Gasteiger partial charge in [-0.05, 0) is 47.5 Å². The maximum atomic E-state index is 11.6. The Morgan fingerprint density at radius 2 is 2.15 bits per heavy atom. The lowest BCUT2D eigenvalue weighted by Gasteiger charge is -2.13. The summed E-state index contributed by atoms with van der Waals surface area (Å²) in [6, 6.07) is 4.18. The van der Waals surface area contributed by atoms with Gasteiger partial charge in [-0.2, -0.15) is 0 Å². The van der Waals surface area contributed by atoms with E-state index in [0.717, 1.165) is 6.42 Å². The topological polar surface area (TPSA) is 98.5 Å². The molecule has 1 aromatic rings. The summed E-state index contributed by atoms with van der Waals surface area (Å²) in [6.45, 7) is 3.72. The van der Waals surface area contributed by atoms with Gasteiger partial charge < -0.3 is 10.1 Å². The second kappa shape index (κ2) is 7.05. The predicted molar refractivity (Wildman–Crippen MR) is 78.9 cm³/mol. The first-order chi connectivity index (χ1) is 9.24. The van der Waals surface area contributed by atoms with Crippen molar-refractivity contribution in [1.29, 1.82) is 0 Å². The Morgan fingerprint density at radius 3 is 2.65 bits per heavy atom. The molecule has 0 aliphatic carbocycles. The van der Waals surface area contributed by atoms with Crippen LogP contribution in [-0.4, -0.2) is 27.0 Å². The van der Waals surface area contributed by atoms with Crippen LogP contribution >= 0.6 is 15.9 Å². The Balaban J connectivity index is 2.68. The van der Waals surface area contributed by atoms with Crippen LogP contribution in [0.4, 0.5) is 0 Å². The lowest BCUT2D eigenvalue weighted by molar-refractivity contribution is -0.123. The number of hydrogen-bond donors (Lipinski definition) is 2. The summed E-state index contributed by atoms with van der Waals surface area (Å²) in [4.78, 5) is 11.5. The average Bonchev–Trinajstić information content (AvgIpc) is 2.35. The molecule has 6 nitrogen and oxygen atoms in total. The van der Waals surface area contributed by atoms with E-state index in [-0.39, 0.29) is 23.5 Å². The normalized spacial score (nSPS) is 12.8. The van der Waals surface area contributed by atoms with Crippen LogP contribution in [0.5, 0.6) is 5.75 Å². The first kappa shape index (κ1) is 16.9. The minimum Gasteiger partial charge on any atom is -0.483 e. The maximum absolute atomic E-state index is 11.6. The van der Waals surface area contributed by atoms with E-state index in [0.29, 0.717) is 10.2 Å². The number of amides is 1. The molecular weight excluding hydrogens is 348 g/mol. The molecule has 0 bridgehead atoms. The van der Waals surface area contributed by atoms with Crippen molar-refractivity contribution in [3.05, 3.63) is 22.7 Å². The number of carbonyl (C=O) groups is 1. The second-order valence-corrected chi connectivity index (χ2v) is 6.72. The number of sulfonamides is 1. The van der Waals surface area contributed by atoms with Gasteiger partial charge in [-0.1, -0.05) is 6.92 Å². The highest BCUT2D eigenvalue weighted by atomic mass is 79.9. The molecule has 1 rings (SSSR count). The van der Waals surface area contributed by atoms with Gasteiger partial charge in [0.15, 0.2) is 6.61 Å². The Kier molecular flexibility index (Phi) is 5.97. The maximum Gasteiger partial charge on any atom is 0.258 e. The summed E-state index contributed by atoms with van der Waals surface area (Å²) in [7, 11) is -3.76. The van der Waals surface area contributed by atoms with E-state index in [4.69, 9.17) is 9.88 Å². The minimum absolute atomic E-state index is 0.0271. The van der Waals surface area contributed by atoms with Crippen LogP contribution in [-0.2, 0) is 14.8 Å². The van der Waals surface area contributed by atoms with Crippen LogP contribution in [0.15, 0.2) is 27.6 Å². The van der Waals surface area contributed by atoms with Gasteiger partial charge in [-0.3, -0.25) is 4.79 Å². The van der Waals surface area contributed by atoms with Crippen molar-refractivity contribution in [2.24, 2.45) is 5.14 Å². The Hall–Kier alpha value is -1.12. The summed E-state index contributed by atoms with van der Waals surface area (Å²) in [5.74, 6) is 0.137. The van der Waals surface area contributed by atoms with Crippen LogP contribution in [0.25, 0.3) is 0 Å². The number of halogens is 1. The van der Waals surface area contributed by atoms with E-state index in [9.17, 15) is 13.2 Å². The molecule has 0 radical (unpaired) electrons. The van der Waals surface area contributed by atoms with Gasteiger partial charge >= 0.3 is 0 Å². The van der Waals surface area contributed by atoms with Gasteiger partial charge in [0.05, 0.1) is 9.37 Å². The molecule has 1 aromatic carbocycles. The molecule has 0 saturated heterocycles. The highest BCUT2D eigenvalue weighted by Gasteiger charge is 2.12. The molecule has 1 atom stereocenters. The summed E-state index contributed by atoms with van der Waals surface area (Å²) < 4.78 is 28.1. The molecule has 0 saturated carbocycles. The third-order valence-electron chi connectivity index (χ3n) is 2.61. The zero-order valence-corrected chi connectivity index (χ0v) is 13.6. The lowest BCUT2D eigenvalue weighted by Crippen LogP contribution is -2.35. The fourth-order valence-corrected chi connectivity index (χ4v) is 2.52. The molecular formula is C12H17BrN2O4S. The highest BCUT2D eigenvalue weighted by molar-refractivity contribution is 9.10. The number of hydrogen-bond acceptors (Lipinski definition) is 4. The van der Waals surface area contributed by atoms with Crippen LogP contribution in [0.3, 0.4) is 0 Å². The van der Waals surface area contributed by atoms with Crippen molar-refractivity contribution in [2.45, 2.75) is 31.2 Å². The molecule has 8 heteroatoms. The van der Waals surface area contributed by atoms with Crippen molar-refractivity contribution >= 4 is 31.9 Å². The SMILES string of the molecule is CCC(C)NC(=O)COc1ccc(S(N)(=O)=O)cc1Br. The predicted octanol–water partition coefficient (Wildman–Crippen LogP) is 1.39. The molecule has 0 aromatic heterocycles. The quantitative estimate of drug-likeness (QED) is 0.796. The number of carbonyl (C=O) groups excluding carboxylic acids is 1. The van der Waals surface area contributed by atoms with Crippen LogP contribution < -0.4 is 15.2 Å². The standard InChI is InChI=1S/C12H17BrN2O4S/c1-3-8(2)15-12(16)7-19-11-5-4-9(6-10(11)13)20(14,17)18/h4-6,8H,3,7H2,1-2H3,(H,15,16)(H2,14,17,18). The summed E-state index contributed by atoms with van der Waals surface area (Å²) >= 11 is 3.18. The van der Waals surface area contributed by atoms with E-state index in [2.05, 4.69) is 21.2 Å². The van der Waals surface area contributed by atoms with E-state index >= 15 is 0 Å². The number of primary sulfonamides is 1. The number of rotatable bonds is 6. The molecule has 1 amide bonds. The monoisotopic (exact) mass is 364 g/mol. The fraction of sp³-hybridized carbons (Fsp3) is 0.417. The van der Waals surface area contributed by atoms with Crippen molar-refractivity contribution in [1.82, 2.24) is 5.32 Å². The number of nitrogens with two attached hydrogens (primary N) is 1. The molecule has 1 unspecified atom stereocenters. The zero-order chi connectivity index (χ0) is 15.3. The van der Waals surface area contributed by atoms with Crippen molar-refractivity contribution in [2.75, 3.05) is 6.61 Å². The summed E-state index contributed by atoms with van der Waals surface area (Å²) in [5, 5.41) is 7.77. The molecule has 0 aliphatic rings. The third kappa shape index (κ3) is 5.10. The summed E-state index contributed by atoms with van der Waals surface area (Å²) in [6.07, 6.45) is 0.832. The molecule has 0 aliphatic heterocycles. The molecule has 0 fully saturated rings. The minimum atomic E-state index is -3.76. The number of nitrogens with one attached hydrogen (secondary N) is 1. The number of ether oxygens (including phenoxy) is 1. The number of benzene rings is 1. The molecule has 112 valence electrons. The Labute approximate surface area is 126 Å². The molecule has 0 heterocycles. The van der Waals surface area contributed by atoms with E-state index < -0.39 is 10.0 Å². The van der Waals surface area contributed by atoms with Crippen LogP contribution in [0.2, 0.25) is 0 Å². The lowest BCUT2D eigenvalue weighted by atomic mass is 10.2. The van der Waals surface area contributed by atoms with E-state index in [1.165, 1.54) is 18.2 Å². The average molecular weight is 365 g/mol. The second-order valence-electron chi connectivity index (χ2n) is 4.30. The first-order valence-corrected chi connectivity index (χ1v) is 8.32. The molecule has 0 spiro atoms. The van der Waals surface area contributed by atoms with Gasteiger partial charge in [0.1, 0.15) is 5.75 Å². The first-order valence-electron chi connectivity index (χ1n) is 5.98. The zero-order valence-electron chi connectivity index (χ0n) is 11.2. The Morgan fingerprint density at radius 1 is 1.50 bits per heavy atom. The van der Waals surface area contributed by atoms with E-state index in [1.54, 1.807) is 0 Å². The van der Waals surface area contributed by atoms with Gasteiger partial charge in [0.2, 0.25) is 10.0 Å². The van der Waals surface area contributed by atoms with Crippen molar-refractivity contribution in [3.63, 3.8) is 0 Å². The van der Waals surface area contributed by atoms with E-state index in [1.807, 2.05) is 13.8 Å².